The number of hydrogen-bond acceptors (Lipinski definition) is 6. The van der Waals surface area contributed by atoms with Gasteiger partial charge in [0.05, 0.1) is 37.4 Å². The molecule has 0 bridgehead atoms. The highest BCUT2D eigenvalue weighted by Crippen LogP contribution is 2.29. The molecule has 0 aliphatic rings. The van der Waals surface area contributed by atoms with Crippen LogP contribution in [0.5, 0.6) is 11.5 Å². The van der Waals surface area contributed by atoms with E-state index >= 15 is 0 Å². The second-order valence-corrected chi connectivity index (χ2v) is 8.77. The van der Waals surface area contributed by atoms with E-state index in [9.17, 15) is 13.2 Å². The van der Waals surface area contributed by atoms with E-state index in [0.29, 0.717) is 30.3 Å². The Morgan fingerprint density at radius 1 is 1.03 bits per heavy atom. The Labute approximate surface area is 184 Å². The molecule has 0 spiro atoms. The lowest BCUT2D eigenvalue weighted by Crippen LogP contribution is -2.32. The van der Waals surface area contributed by atoms with Gasteiger partial charge in [-0.3, -0.25) is 4.79 Å². The van der Waals surface area contributed by atoms with Crippen molar-refractivity contribution in [1.29, 1.82) is 0 Å². The second kappa shape index (κ2) is 11.0. The van der Waals surface area contributed by atoms with Gasteiger partial charge in [-0.05, 0) is 31.2 Å². The van der Waals surface area contributed by atoms with E-state index < -0.39 is 10.0 Å². The SMILES string of the molecule is CCN(CC)S(=O)(=O)c1ccc(OC)c(NCC(=O)NC(C)c2ccccc2OC)c1. The van der Waals surface area contributed by atoms with Gasteiger partial charge in [0.2, 0.25) is 15.9 Å². The molecule has 1 atom stereocenters. The Morgan fingerprint density at radius 2 is 1.68 bits per heavy atom. The minimum Gasteiger partial charge on any atom is -0.496 e. The van der Waals surface area contributed by atoms with Crippen molar-refractivity contribution in [2.24, 2.45) is 0 Å². The van der Waals surface area contributed by atoms with Crippen LogP contribution >= 0.6 is 0 Å². The summed E-state index contributed by atoms with van der Waals surface area (Å²) in [7, 11) is -0.554. The monoisotopic (exact) mass is 449 g/mol. The summed E-state index contributed by atoms with van der Waals surface area (Å²) >= 11 is 0. The Hall–Kier alpha value is -2.78. The number of sulfonamides is 1. The van der Waals surface area contributed by atoms with Crippen LogP contribution in [0.1, 0.15) is 32.4 Å². The van der Waals surface area contributed by atoms with Gasteiger partial charge in [0.15, 0.2) is 0 Å². The van der Waals surface area contributed by atoms with E-state index in [0.717, 1.165) is 5.56 Å². The highest BCUT2D eigenvalue weighted by molar-refractivity contribution is 7.89. The van der Waals surface area contributed by atoms with Gasteiger partial charge in [0.1, 0.15) is 11.5 Å². The number of ether oxygens (including phenoxy) is 2. The molecule has 2 N–H and O–H groups in total. The van der Waals surface area contributed by atoms with Crippen molar-refractivity contribution in [2.75, 3.05) is 39.2 Å². The zero-order valence-corrected chi connectivity index (χ0v) is 19.5. The fourth-order valence-electron chi connectivity index (χ4n) is 3.27. The summed E-state index contributed by atoms with van der Waals surface area (Å²) in [5.41, 5.74) is 1.29. The second-order valence-electron chi connectivity index (χ2n) is 6.84. The van der Waals surface area contributed by atoms with Crippen molar-refractivity contribution in [3.8, 4) is 11.5 Å². The normalized spacial score (nSPS) is 12.3. The highest BCUT2D eigenvalue weighted by atomic mass is 32.2. The fourth-order valence-corrected chi connectivity index (χ4v) is 4.75. The number of nitrogens with zero attached hydrogens (tertiary/aromatic N) is 1. The number of methoxy groups -OCH3 is 2. The Balaban J connectivity index is 2.14. The number of para-hydroxylation sites is 1. The average Bonchev–Trinajstić information content (AvgIpc) is 2.77. The first-order valence-electron chi connectivity index (χ1n) is 10.1. The smallest absolute Gasteiger partial charge is 0.243 e. The predicted molar refractivity (Wildman–Crippen MR) is 121 cm³/mol. The molecule has 0 aliphatic heterocycles. The van der Waals surface area contributed by atoms with Crippen molar-refractivity contribution < 1.29 is 22.7 Å². The number of anilines is 1. The molecule has 0 saturated carbocycles. The van der Waals surface area contributed by atoms with Crippen LogP contribution < -0.4 is 20.1 Å². The summed E-state index contributed by atoms with van der Waals surface area (Å²) in [6.45, 7) is 6.14. The molecule has 0 aliphatic carbocycles. The summed E-state index contributed by atoms with van der Waals surface area (Å²) in [4.78, 5) is 12.6. The Bertz CT molecular complexity index is 990. The van der Waals surface area contributed by atoms with Crippen molar-refractivity contribution in [2.45, 2.75) is 31.7 Å². The number of nitrogens with one attached hydrogen (secondary N) is 2. The Kier molecular flexibility index (Phi) is 8.70. The molecule has 0 aromatic heterocycles. The summed E-state index contributed by atoms with van der Waals surface area (Å²) in [6.07, 6.45) is 0. The lowest BCUT2D eigenvalue weighted by atomic mass is 10.1. The van der Waals surface area contributed by atoms with Crippen LogP contribution in [0.2, 0.25) is 0 Å². The average molecular weight is 450 g/mol. The van der Waals surface area contributed by atoms with Crippen LogP contribution in [0.3, 0.4) is 0 Å². The van der Waals surface area contributed by atoms with Crippen LogP contribution in [-0.2, 0) is 14.8 Å². The number of rotatable bonds is 11. The van der Waals surface area contributed by atoms with Crippen molar-refractivity contribution >= 4 is 21.6 Å². The minimum absolute atomic E-state index is 0.0510. The summed E-state index contributed by atoms with van der Waals surface area (Å²) in [5, 5.41) is 5.90. The minimum atomic E-state index is -3.63. The van der Waals surface area contributed by atoms with Crippen LogP contribution in [-0.4, -0.2) is 52.5 Å². The molecule has 1 amide bonds. The first-order chi connectivity index (χ1) is 14.8. The molecule has 9 heteroatoms. The van der Waals surface area contributed by atoms with E-state index in [1.165, 1.54) is 23.5 Å². The zero-order chi connectivity index (χ0) is 23.0. The lowest BCUT2D eigenvalue weighted by Gasteiger charge is -2.20. The van der Waals surface area contributed by atoms with Gasteiger partial charge in [0, 0.05) is 18.7 Å². The predicted octanol–water partition coefficient (Wildman–Crippen LogP) is 3.02. The number of benzene rings is 2. The third kappa shape index (κ3) is 5.89. The van der Waals surface area contributed by atoms with E-state index in [2.05, 4.69) is 10.6 Å². The van der Waals surface area contributed by atoms with Gasteiger partial charge in [-0.25, -0.2) is 8.42 Å². The van der Waals surface area contributed by atoms with E-state index in [-0.39, 0.29) is 23.4 Å². The molecule has 2 rings (SSSR count). The zero-order valence-electron chi connectivity index (χ0n) is 18.6. The van der Waals surface area contributed by atoms with Crippen LogP contribution in [0, 0.1) is 0 Å². The van der Waals surface area contributed by atoms with Crippen LogP contribution in [0.25, 0.3) is 0 Å². The molecule has 0 saturated heterocycles. The van der Waals surface area contributed by atoms with Gasteiger partial charge in [-0.1, -0.05) is 32.0 Å². The number of carbonyl (C=O) groups excluding carboxylic acids is 1. The topological polar surface area (TPSA) is 97.0 Å². The van der Waals surface area contributed by atoms with E-state index in [1.807, 2.05) is 31.2 Å². The maximum absolute atomic E-state index is 12.8. The molecule has 2 aromatic rings. The summed E-state index contributed by atoms with van der Waals surface area (Å²) < 4.78 is 37.7. The van der Waals surface area contributed by atoms with E-state index in [4.69, 9.17) is 9.47 Å². The van der Waals surface area contributed by atoms with Gasteiger partial charge in [-0.15, -0.1) is 0 Å². The standard InChI is InChI=1S/C22H31N3O5S/c1-6-25(7-2)31(27,28)17-12-13-21(30-5)19(14-17)23-15-22(26)24-16(3)18-10-8-9-11-20(18)29-4/h8-14,16,23H,6-7,15H2,1-5H3,(H,24,26). The van der Waals surface area contributed by atoms with Crippen LogP contribution in [0.15, 0.2) is 47.4 Å². The number of hydrogen-bond donors (Lipinski definition) is 2. The lowest BCUT2D eigenvalue weighted by molar-refractivity contribution is -0.120. The first kappa shape index (κ1) is 24.5. The molecular formula is C22H31N3O5S. The molecule has 170 valence electrons. The first-order valence-corrected chi connectivity index (χ1v) is 11.6. The van der Waals surface area contributed by atoms with Crippen molar-refractivity contribution in [3.63, 3.8) is 0 Å². The molecule has 0 fully saturated rings. The van der Waals surface area contributed by atoms with Gasteiger partial charge >= 0.3 is 0 Å². The fraction of sp³-hybridized carbons (Fsp3) is 0.409. The molecular weight excluding hydrogens is 418 g/mol. The van der Waals surface area contributed by atoms with Crippen molar-refractivity contribution in [3.05, 3.63) is 48.0 Å². The van der Waals surface area contributed by atoms with Gasteiger partial charge < -0.3 is 20.1 Å². The molecule has 31 heavy (non-hydrogen) atoms. The molecule has 8 nitrogen and oxygen atoms in total. The quantitative estimate of drug-likeness (QED) is 0.547. The van der Waals surface area contributed by atoms with Crippen LogP contribution in [0.4, 0.5) is 5.69 Å². The Morgan fingerprint density at radius 3 is 2.29 bits per heavy atom. The van der Waals surface area contributed by atoms with Crippen molar-refractivity contribution in [1.82, 2.24) is 9.62 Å². The third-order valence-corrected chi connectivity index (χ3v) is 6.98. The maximum atomic E-state index is 12.8. The van der Waals surface area contributed by atoms with Gasteiger partial charge in [0.25, 0.3) is 0 Å². The van der Waals surface area contributed by atoms with E-state index in [1.54, 1.807) is 27.0 Å². The summed E-state index contributed by atoms with van der Waals surface area (Å²) in [5.74, 6) is 0.890. The molecule has 2 aromatic carbocycles. The largest absolute Gasteiger partial charge is 0.496 e. The maximum Gasteiger partial charge on any atom is 0.243 e. The van der Waals surface area contributed by atoms with Gasteiger partial charge in [-0.2, -0.15) is 4.31 Å². The highest BCUT2D eigenvalue weighted by Gasteiger charge is 2.23. The third-order valence-electron chi connectivity index (χ3n) is 4.94. The number of carbonyl (C=O) groups is 1. The molecule has 0 radical (unpaired) electrons. The molecule has 1 unspecified atom stereocenters. The summed E-state index contributed by atoms with van der Waals surface area (Å²) in [6, 6.07) is 11.8. The number of amides is 1. The molecule has 0 heterocycles.